The third kappa shape index (κ3) is 3.18. The van der Waals surface area contributed by atoms with Gasteiger partial charge in [0.2, 0.25) is 11.8 Å². The number of ether oxygens (including phenoxy) is 2. The summed E-state index contributed by atoms with van der Waals surface area (Å²) in [5, 5.41) is 3.52. The van der Waals surface area contributed by atoms with Crippen LogP contribution in [0.3, 0.4) is 0 Å². The van der Waals surface area contributed by atoms with E-state index in [0.29, 0.717) is 23.5 Å². The zero-order valence-electron chi connectivity index (χ0n) is 16.1. The summed E-state index contributed by atoms with van der Waals surface area (Å²) < 4.78 is 26.6. The van der Waals surface area contributed by atoms with Gasteiger partial charge in [0.25, 0.3) is 0 Å². The van der Waals surface area contributed by atoms with Crippen molar-refractivity contribution in [2.24, 2.45) is 18.9 Å². The topological polar surface area (TPSA) is 95.3 Å². The largest absolute Gasteiger partial charge is 0.493 e. The highest BCUT2D eigenvalue weighted by Crippen LogP contribution is 2.41. The Morgan fingerprint density at radius 3 is 2.72 bits per heavy atom. The molecule has 4 rings (SSSR count). The van der Waals surface area contributed by atoms with Gasteiger partial charge in [0.05, 0.1) is 37.8 Å². The molecule has 1 saturated carbocycles. The Morgan fingerprint density at radius 1 is 1.28 bits per heavy atom. The number of nitrogens with zero attached hydrogens (tertiary/aromatic N) is 3. The minimum atomic E-state index is -0.603. The third-order valence-corrected chi connectivity index (χ3v) is 5.14. The summed E-state index contributed by atoms with van der Waals surface area (Å²) in [4.78, 5) is 31.2. The molecule has 3 heterocycles. The number of aldehydes is 1. The van der Waals surface area contributed by atoms with E-state index in [1.165, 1.54) is 14.2 Å². The number of pyridine rings is 2. The first-order valence-electron chi connectivity index (χ1n) is 8.97. The van der Waals surface area contributed by atoms with Crippen molar-refractivity contribution in [3.63, 3.8) is 0 Å². The van der Waals surface area contributed by atoms with Crippen molar-refractivity contribution in [1.29, 1.82) is 0 Å². The van der Waals surface area contributed by atoms with E-state index in [4.69, 9.17) is 9.47 Å². The van der Waals surface area contributed by atoms with Crippen molar-refractivity contribution in [1.82, 2.24) is 14.5 Å². The van der Waals surface area contributed by atoms with Gasteiger partial charge in [-0.05, 0) is 18.6 Å². The molecule has 0 radical (unpaired) electrons. The van der Waals surface area contributed by atoms with Crippen molar-refractivity contribution >= 4 is 28.9 Å². The van der Waals surface area contributed by atoms with E-state index in [1.807, 2.05) is 10.6 Å². The minimum absolute atomic E-state index is 0.0258. The van der Waals surface area contributed by atoms with E-state index in [1.54, 1.807) is 19.3 Å². The summed E-state index contributed by atoms with van der Waals surface area (Å²) in [5.74, 6) is -0.683. The van der Waals surface area contributed by atoms with Crippen LogP contribution in [0.15, 0.2) is 24.5 Å². The van der Waals surface area contributed by atoms with Gasteiger partial charge in [0, 0.05) is 24.3 Å². The first-order valence-corrected chi connectivity index (χ1v) is 8.97. The highest BCUT2D eigenvalue weighted by atomic mass is 19.1. The Balaban J connectivity index is 1.75. The average molecular weight is 398 g/mol. The van der Waals surface area contributed by atoms with Crippen LogP contribution in [0.1, 0.15) is 6.42 Å². The number of hydrogen-bond donors (Lipinski definition) is 1. The molecule has 0 aromatic carbocycles. The van der Waals surface area contributed by atoms with E-state index >= 15 is 0 Å². The second-order valence-corrected chi connectivity index (χ2v) is 6.87. The molecule has 1 amide bonds. The molecule has 0 bridgehead atoms. The predicted octanol–water partition coefficient (Wildman–Crippen LogP) is 2.57. The van der Waals surface area contributed by atoms with Gasteiger partial charge < -0.3 is 24.2 Å². The van der Waals surface area contributed by atoms with Crippen molar-refractivity contribution in [3.8, 4) is 22.9 Å². The summed E-state index contributed by atoms with van der Waals surface area (Å²) in [6.07, 6.45) is 4.03. The van der Waals surface area contributed by atoms with Crippen molar-refractivity contribution in [2.45, 2.75) is 6.42 Å². The lowest BCUT2D eigenvalue weighted by Crippen LogP contribution is -2.15. The summed E-state index contributed by atoms with van der Waals surface area (Å²) in [5.41, 5.74) is 1.77. The third-order valence-electron chi connectivity index (χ3n) is 5.14. The number of halogens is 1. The standard InChI is InChI=1S/C20H19FN4O4/c1-25-14(17-18(28-2)13(21)7-23-20(17)29-3)5-10-6-16(22-8-15(10)25)24-19(27)12-4-11(12)9-26/h5-9,11-12H,4H2,1-3H3,(H,22,24,27)/t11-,12+/m0/s1. The van der Waals surface area contributed by atoms with Gasteiger partial charge in [-0.25, -0.2) is 14.4 Å². The number of aromatic nitrogens is 3. The molecule has 1 aliphatic rings. The summed E-state index contributed by atoms with van der Waals surface area (Å²) in [6, 6.07) is 3.54. The van der Waals surface area contributed by atoms with Crippen molar-refractivity contribution < 1.29 is 23.5 Å². The number of aryl methyl sites for hydroxylation is 1. The number of methoxy groups -OCH3 is 2. The number of amides is 1. The second kappa shape index (κ2) is 7.16. The van der Waals surface area contributed by atoms with E-state index in [9.17, 15) is 14.0 Å². The molecule has 8 nitrogen and oxygen atoms in total. The number of fused-ring (bicyclic) bond motifs is 1. The molecule has 2 atom stereocenters. The second-order valence-electron chi connectivity index (χ2n) is 6.87. The Kier molecular flexibility index (Phi) is 4.65. The first-order chi connectivity index (χ1) is 14.0. The molecule has 150 valence electrons. The number of anilines is 1. The Bertz CT molecular complexity index is 1130. The maximum absolute atomic E-state index is 14.3. The minimum Gasteiger partial charge on any atom is -0.493 e. The Hall–Kier alpha value is -3.49. The molecule has 3 aromatic rings. The van der Waals surface area contributed by atoms with Crippen molar-refractivity contribution in [3.05, 3.63) is 30.3 Å². The van der Waals surface area contributed by atoms with Crippen LogP contribution in [0, 0.1) is 17.7 Å². The lowest BCUT2D eigenvalue weighted by molar-refractivity contribution is -0.119. The van der Waals surface area contributed by atoms with Crippen LogP contribution in [0.25, 0.3) is 22.2 Å². The van der Waals surface area contributed by atoms with Crippen LogP contribution in [-0.4, -0.2) is 40.9 Å². The molecule has 29 heavy (non-hydrogen) atoms. The van der Waals surface area contributed by atoms with Crippen LogP contribution in [0.4, 0.5) is 10.2 Å². The van der Waals surface area contributed by atoms with Crippen LogP contribution in [0.5, 0.6) is 11.6 Å². The molecular weight excluding hydrogens is 379 g/mol. The average Bonchev–Trinajstić information content (AvgIpc) is 3.45. The quantitative estimate of drug-likeness (QED) is 0.641. The van der Waals surface area contributed by atoms with Gasteiger partial charge in [-0.3, -0.25) is 4.79 Å². The van der Waals surface area contributed by atoms with Gasteiger partial charge in [-0.2, -0.15) is 0 Å². The summed E-state index contributed by atoms with van der Waals surface area (Å²) in [7, 11) is 4.63. The molecule has 1 aliphatic carbocycles. The maximum atomic E-state index is 14.3. The van der Waals surface area contributed by atoms with Gasteiger partial charge in [-0.1, -0.05) is 0 Å². The maximum Gasteiger partial charge on any atom is 0.229 e. The molecule has 0 unspecified atom stereocenters. The number of carbonyl (C=O) groups excluding carboxylic acids is 2. The number of nitrogens with one attached hydrogen (secondary N) is 1. The normalized spacial score (nSPS) is 17.8. The van der Waals surface area contributed by atoms with Gasteiger partial charge in [-0.15, -0.1) is 0 Å². The van der Waals surface area contributed by atoms with Gasteiger partial charge in [0.1, 0.15) is 17.7 Å². The predicted molar refractivity (Wildman–Crippen MR) is 103 cm³/mol. The van der Waals surface area contributed by atoms with E-state index < -0.39 is 5.82 Å². The van der Waals surface area contributed by atoms with E-state index in [-0.39, 0.29) is 29.4 Å². The fourth-order valence-corrected chi connectivity index (χ4v) is 3.46. The van der Waals surface area contributed by atoms with Crippen LogP contribution in [0.2, 0.25) is 0 Å². The van der Waals surface area contributed by atoms with Gasteiger partial charge >= 0.3 is 0 Å². The highest BCUT2D eigenvalue weighted by Gasteiger charge is 2.42. The van der Waals surface area contributed by atoms with Crippen LogP contribution >= 0.6 is 0 Å². The fraction of sp³-hybridized carbons (Fsp3) is 0.300. The Labute approximate surface area is 165 Å². The van der Waals surface area contributed by atoms with Gasteiger partial charge in [0.15, 0.2) is 11.6 Å². The van der Waals surface area contributed by atoms with E-state index in [0.717, 1.165) is 23.4 Å². The molecule has 0 saturated heterocycles. The summed E-state index contributed by atoms with van der Waals surface area (Å²) >= 11 is 0. The lowest BCUT2D eigenvalue weighted by atomic mass is 10.1. The SMILES string of the molecule is COc1ncc(F)c(OC)c1-c1cc2cc(NC(=O)[C@@H]3C[C@H]3C=O)ncc2n1C. The number of hydrogen-bond acceptors (Lipinski definition) is 6. The fourth-order valence-electron chi connectivity index (χ4n) is 3.46. The number of rotatable bonds is 6. The highest BCUT2D eigenvalue weighted by molar-refractivity contribution is 5.98. The molecule has 0 spiro atoms. The molecule has 3 aromatic heterocycles. The molecule has 1 fully saturated rings. The van der Waals surface area contributed by atoms with Crippen molar-refractivity contribution in [2.75, 3.05) is 19.5 Å². The first kappa shape index (κ1) is 18.9. The zero-order valence-corrected chi connectivity index (χ0v) is 16.1. The Morgan fingerprint density at radius 2 is 2.07 bits per heavy atom. The molecule has 9 heteroatoms. The molecular formula is C20H19FN4O4. The number of carbonyl (C=O) groups is 2. The lowest BCUT2D eigenvalue weighted by Gasteiger charge is -2.13. The van der Waals surface area contributed by atoms with E-state index in [2.05, 4.69) is 15.3 Å². The summed E-state index contributed by atoms with van der Waals surface area (Å²) in [6.45, 7) is 0. The molecule has 0 aliphatic heterocycles. The smallest absolute Gasteiger partial charge is 0.229 e. The zero-order chi connectivity index (χ0) is 20.7. The monoisotopic (exact) mass is 398 g/mol. The van der Waals surface area contributed by atoms with Crippen LogP contribution in [-0.2, 0) is 16.6 Å². The molecule has 1 N–H and O–H groups in total. The van der Waals surface area contributed by atoms with Crippen LogP contribution < -0.4 is 14.8 Å².